The zero-order valence-corrected chi connectivity index (χ0v) is 14.1. The Morgan fingerprint density at radius 1 is 1.26 bits per heavy atom. The second-order valence-electron chi connectivity index (χ2n) is 5.78. The average Bonchev–Trinajstić information content (AvgIpc) is 3.12. The number of aryl methyl sites for hydroxylation is 1. The van der Waals surface area contributed by atoms with E-state index in [4.69, 9.17) is 0 Å². The van der Waals surface area contributed by atoms with Crippen LogP contribution >= 0.6 is 11.8 Å². The van der Waals surface area contributed by atoms with Crippen LogP contribution in [0.15, 0.2) is 17.0 Å². The molecule has 0 aliphatic carbocycles. The lowest BCUT2D eigenvalue weighted by Gasteiger charge is -2.19. The molecule has 4 nitrogen and oxygen atoms in total. The standard InChI is InChI=1S/C17H19FN2O2S/c1-3-20-16(21)15(23-17(20)22)10-12-9-13(18)14(8-11(12)2)19-6-4-5-7-19/h8-10H,3-7H2,1-2H3/b15-10-. The smallest absolute Gasteiger partial charge is 0.293 e. The van der Waals surface area contributed by atoms with Crippen LogP contribution in [0.25, 0.3) is 6.08 Å². The van der Waals surface area contributed by atoms with Crippen molar-refractivity contribution in [2.45, 2.75) is 26.7 Å². The Balaban J connectivity index is 1.92. The summed E-state index contributed by atoms with van der Waals surface area (Å²) in [6.45, 7) is 5.77. The second-order valence-corrected chi connectivity index (χ2v) is 6.77. The predicted molar refractivity (Wildman–Crippen MR) is 90.9 cm³/mol. The van der Waals surface area contributed by atoms with E-state index in [1.807, 2.05) is 13.0 Å². The van der Waals surface area contributed by atoms with E-state index in [9.17, 15) is 14.0 Å². The van der Waals surface area contributed by atoms with Crippen LogP contribution in [0.1, 0.15) is 30.9 Å². The van der Waals surface area contributed by atoms with Crippen molar-refractivity contribution in [3.05, 3.63) is 34.0 Å². The molecule has 0 spiro atoms. The maximum Gasteiger partial charge on any atom is 0.293 e. The van der Waals surface area contributed by atoms with Gasteiger partial charge in [-0.15, -0.1) is 0 Å². The van der Waals surface area contributed by atoms with E-state index in [2.05, 4.69) is 4.90 Å². The normalized spacial score (nSPS) is 20.2. The number of halogens is 1. The number of nitrogens with zero attached hydrogens (tertiary/aromatic N) is 2. The first-order valence-corrected chi connectivity index (χ1v) is 8.63. The molecule has 1 aromatic rings. The third kappa shape index (κ3) is 3.00. The van der Waals surface area contributed by atoms with E-state index in [1.165, 1.54) is 11.0 Å². The third-order valence-electron chi connectivity index (χ3n) is 4.26. The van der Waals surface area contributed by atoms with Gasteiger partial charge in [0.2, 0.25) is 0 Å². The molecular formula is C17H19FN2O2S. The van der Waals surface area contributed by atoms with E-state index in [1.54, 1.807) is 13.0 Å². The van der Waals surface area contributed by atoms with Crippen molar-refractivity contribution in [2.24, 2.45) is 0 Å². The van der Waals surface area contributed by atoms with E-state index in [0.717, 1.165) is 43.3 Å². The van der Waals surface area contributed by atoms with Crippen LogP contribution in [0, 0.1) is 12.7 Å². The molecule has 2 heterocycles. The van der Waals surface area contributed by atoms with Gasteiger partial charge >= 0.3 is 0 Å². The van der Waals surface area contributed by atoms with Crippen LogP contribution in [0.2, 0.25) is 0 Å². The lowest BCUT2D eigenvalue weighted by atomic mass is 10.1. The zero-order valence-electron chi connectivity index (χ0n) is 13.3. The zero-order chi connectivity index (χ0) is 16.6. The fourth-order valence-corrected chi connectivity index (χ4v) is 3.85. The van der Waals surface area contributed by atoms with Gasteiger partial charge in [-0.05, 0) is 67.8 Å². The molecular weight excluding hydrogens is 315 g/mol. The first-order chi connectivity index (χ1) is 11.0. The highest BCUT2D eigenvalue weighted by molar-refractivity contribution is 8.18. The largest absolute Gasteiger partial charge is 0.369 e. The van der Waals surface area contributed by atoms with Crippen LogP contribution in [0.4, 0.5) is 14.9 Å². The lowest BCUT2D eigenvalue weighted by Crippen LogP contribution is -2.27. The van der Waals surface area contributed by atoms with Crippen LogP contribution in [-0.2, 0) is 4.79 Å². The molecule has 0 saturated carbocycles. The third-order valence-corrected chi connectivity index (χ3v) is 5.17. The molecule has 0 unspecified atom stereocenters. The number of benzene rings is 1. The van der Waals surface area contributed by atoms with E-state index in [0.29, 0.717) is 22.7 Å². The maximum atomic E-state index is 14.4. The molecule has 2 aliphatic rings. The molecule has 2 aliphatic heterocycles. The topological polar surface area (TPSA) is 40.6 Å². The van der Waals surface area contributed by atoms with Crippen molar-refractivity contribution in [1.82, 2.24) is 4.90 Å². The number of hydrogen-bond acceptors (Lipinski definition) is 4. The van der Waals surface area contributed by atoms with Crippen molar-refractivity contribution in [2.75, 3.05) is 24.5 Å². The minimum absolute atomic E-state index is 0.268. The molecule has 3 rings (SSSR count). The van der Waals surface area contributed by atoms with Gasteiger partial charge in [0, 0.05) is 19.6 Å². The monoisotopic (exact) mass is 334 g/mol. The van der Waals surface area contributed by atoms with Crippen molar-refractivity contribution < 1.29 is 14.0 Å². The number of carbonyl (C=O) groups is 2. The summed E-state index contributed by atoms with van der Waals surface area (Å²) in [6.07, 6.45) is 3.79. The summed E-state index contributed by atoms with van der Waals surface area (Å²) in [5.41, 5.74) is 2.17. The number of likely N-dealkylation sites (N-methyl/N-ethyl adjacent to an activating group) is 1. The molecule has 2 saturated heterocycles. The average molecular weight is 334 g/mol. The van der Waals surface area contributed by atoms with Crippen LogP contribution in [-0.4, -0.2) is 35.7 Å². The summed E-state index contributed by atoms with van der Waals surface area (Å²) in [6, 6.07) is 3.29. The van der Waals surface area contributed by atoms with Crippen molar-refractivity contribution in [1.29, 1.82) is 0 Å². The Labute approximate surface area is 139 Å². The molecule has 0 atom stereocenters. The molecule has 122 valence electrons. The van der Waals surface area contributed by atoms with Gasteiger partial charge in [0.15, 0.2) is 0 Å². The highest BCUT2D eigenvalue weighted by atomic mass is 32.2. The van der Waals surface area contributed by atoms with Gasteiger partial charge in [-0.1, -0.05) is 0 Å². The first kappa shape index (κ1) is 16.1. The van der Waals surface area contributed by atoms with Gasteiger partial charge in [-0.2, -0.15) is 0 Å². The summed E-state index contributed by atoms with van der Waals surface area (Å²) in [4.78, 5) is 27.5. The van der Waals surface area contributed by atoms with Crippen molar-refractivity contribution >= 4 is 34.7 Å². The quantitative estimate of drug-likeness (QED) is 0.789. The molecule has 0 N–H and O–H groups in total. The van der Waals surface area contributed by atoms with Crippen LogP contribution < -0.4 is 4.90 Å². The summed E-state index contributed by atoms with van der Waals surface area (Å²) >= 11 is 0.911. The predicted octanol–water partition coefficient (Wildman–Crippen LogP) is 3.79. The first-order valence-electron chi connectivity index (χ1n) is 7.81. The minimum atomic E-state index is -0.300. The van der Waals surface area contributed by atoms with Crippen molar-refractivity contribution in [3.63, 3.8) is 0 Å². The van der Waals surface area contributed by atoms with Gasteiger partial charge < -0.3 is 4.90 Å². The molecule has 0 radical (unpaired) electrons. The number of amides is 2. The fraction of sp³-hybridized carbons (Fsp3) is 0.412. The summed E-state index contributed by atoms with van der Waals surface area (Å²) in [5, 5.41) is -0.268. The number of imide groups is 1. The lowest BCUT2D eigenvalue weighted by molar-refractivity contribution is -0.122. The Hall–Kier alpha value is -1.82. The molecule has 0 aromatic heterocycles. The highest BCUT2D eigenvalue weighted by Gasteiger charge is 2.33. The van der Waals surface area contributed by atoms with Gasteiger partial charge in [0.05, 0.1) is 10.6 Å². The molecule has 2 amide bonds. The molecule has 0 bridgehead atoms. The fourth-order valence-electron chi connectivity index (χ4n) is 2.95. The summed E-state index contributed by atoms with van der Waals surface area (Å²) < 4.78 is 14.4. The van der Waals surface area contributed by atoms with Gasteiger partial charge in [-0.3, -0.25) is 14.5 Å². The van der Waals surface area contributed by atoms with E-state index < -0.39 is 0 Å². The molecule has 1 aromatic carbocycles. The van der Waals surface area contributed by atoms with Gasteiger partial charge in [0.1, 0.15) is 5.82 Å². The van der Waals surface area contributed by atoms with Gasteiger partial charge in [-0.25, -0.2) is 4.39 Å². The number of hydrogen-bond donors (Lipinski definition) is 0. The minimum Gasteiger partial charge on any atom is -0.369 e. The van der Waals surface area contributed by atoms with Crippen LogP contribution in [0.3, 0.4) is 0 Å². The van der Waals surface area contributed by atoms with Crippen molar-refractivity contribution in [3.8, 4) is 0 Å². The maximum absolute atomic E-state index is 14.4. The summed E-state index contributed by atoms with van der Waals surface area (Å²) in [7, 11) is 0. The Morgan fingerprint density at radius 2 is 1.96 bits per heavy atom. The van der Waals surface area contributed by atoms with E-state index in [-0.39, 0.29) is 17.0 Å². The molecule has 2 fully saturated rings. The Morgan fingerprint density at radius 3 is 2.57 bits per heavy atom. The number of rotatable bonds is 3. The molecule has 6 heteroatoms. The Kier molecular flexibility index (Phi) is 4.43. The number of carbonyl (C=O) groups excluding carboxylic acids is 2. The van der Waals surface area contributed by atoms with E-state index >= 15 is 0 Å². The SMILES string of the molecule is CCN1C(=O)S/C(=C\c2cc(F)c(N3CCCC3)cc2C)C1=O. The number of anilines is 1. The highest BCUT2D eigenvalue weighted by Crippen LogP contribution is 2.34. The molecule has 23 heavy (non-hydrogen) atoms. The summed E-state index contributed by atoms with van der Waals surface area (Å²) in [5.74, 6) is -0.579. The van der Waals surface area contributed by atoms with Crippen LogP contribution in [0.5, 0.6) is 0 Å². The van der Waals surface area contributed by atoms with Gasteiger partial charge in [0.25, 0.3) is 11.1 Å². The number of thioether (sulfide) groups is 1. The Bertz CT molecular complexity index is 696. The second kappa shape index (κ2) is 6.35.